The Morgan fingerprint density at radius 2 is 2.12 bits per heavy atom. The van der Waals surface area contributed by atoms with Crippen LogP contribution in [0.3, 0.4) is 0 Å². The zero-order valence-electron chi connectivity index (χ0n) is 10.1. The third-order valence-corrected chi connectivity index (χ3v) is 3.89. The molecule has 2 unspecified atom stereocenters. The lowest BCUT2D eigenvalue weighted by Gasteiger charge is -2.23. The molecule has 1 aromatic carbocycles. The molecule has 0 radical (unpaired) electrons. The van der Waals surface area contributed by atoms with E-state index >= 15 is 0 Å². The van der Waals surface area contributed by atoms with Gasteiger partial charge in [0.15, 0.2) is 0 Å². The first kappa shape index (κ1) is 12.4. The van der Waals surface area contributed by atoms with Crippen LogP contribution in [-0.4, -0.2) is 30.1 Å². The first-order chi connectivity index (χ1) is 8.04. The van der Waals surface area contributed by atoms with Crippen molar-refractivity contribution in [3.8, 4) is 6.07 Å². The Bertz CT molecular complexity index is 425. The van der Waals surface area contributed by atoms with Crippen LogP contribution in [0.25, 0.3) is 0 Å². The molecule has 0 aromatic heterocycles. The van der Waals surface area contributed by atoms with E-state index in [1.165, 1.54) is 0 Å². The van der Waals surface area contributed by atoms with Crippen LogP contribution in [0.1, 0.15) is 13.3 Å². The van der Waals surface area contributed by atoms with E-state index < -0.39 is 5.54 Å². The average Bonchev–Trinajstić information content (AvgIpc) is 2.59. The zero-order valence-corrected chi connectivity index (χ0v) is 11.7. The standard InChI is InChI=1S/C13H16BrN3/c1-10-7-13(8-15,9-17(10)2)16-12-5-3-11(14)4-6-12/h3-6,10,16H,7,9H2,1-2H3. The van der Waals surface area contributed by atoms with Gasteiger partial charge >= 0.3 is 0 Å². The van der Waals surface area contributed by atoms with Crippen LogP contribution in [0, 0.1) is 11.3 Å². The monoisotopic (exact) mass is 293 g/mol. The van der Waals surface area contributed by atoms with Gasteiger partial charge in [-0.2, -0.15) is 5.26 Å². The van der Waals surface area contributed by atoms with Crippen molar-refractivity contribution in [1.82, 2.24) is 4.90 Å². The molecule has 3 nitrogen and oxygen atoms in total. The van der Waals surface area contributed by atoms with Crippen LogP contribution in [0.2, 0.25) is 0 Å². The van der Waals surface area contributed by atoms with Crippen molar-refractivity contribution in [3.63, 3.8) is 0 Å². The number of nitrogens with one attached hydrogen (secondary N) is 1. The van der Waals surface area contributed by atoms with Gasteiger partial charge in [-0.05, 0) is 38.2 Å². The van der Waals surface area contributed by atoms with Crippen LogP contribution in [0.5, 0.6) is 0 Å². The molecule has 1 aliphatic rings. The molecule has 2 atom stereocenters. The van der Waals surface area contributed by atoms with E-state index in [0.717, 1.165) is 23.1 Å². The summed E-state index contributed by atoms with van der Waals surface area (Å²) in [5.41, 5.74) is 0.541. The topological polar surface area (TPSA) is 39.1 Å². The summed E-state index contributed by atoms with van der Waals surface area (Å²) in [6.07, 6.45) is 0.857. The smallest absolute Gasteiger partial charge is 0.139 e. The second-order valence-corrected chi connectivity index (χ2v) is 5.71. The van der Waals surface area contributed by atoms with Gasteiger partial charge < -0.3 is 10.2 Å². The Balaban J connectivity index is 2.16. The van der Waals surface area contributed by atoms with E-state index in [0.29, 0.717) is 6.04 Å². The molecule has 17 heavy (non-hydrogen) atoms. The second-order valence-electron chi connectivity index (χ2n) is 4.79. The summed E-state index contributed by atoms with van der Waals surface area (Å²) in [6, 6.07) is 10.8. The molecule has 0 aliphatic carbocycles. The van der Waals surface area contributed by atoms with Gasteiger partial charge in [-0.3, -0.25) is 0 Å². The fourth-order valence-electron chi connectivity index (χ4n) is 2.32. The SMILES string of the molecule is CC1CC(C#N)(Nc2ccc(Br)cc2)CN1C. The number of nitriles is 1. The molecule has 1 N–H and O–H groups in total. The number of halogens is 1. The predicted octanol–water partition coefficient (Wildman–Crippen LogP) is 2.85. The minimum absolute atomic E-state index is 0.442. The van der Waals surface area contributed by atoms with Gasteiger partial charge in [0.2, 0.25) is 0 Å². The molecule has 0 bridgehead atoms. The van der Waals surface area contributed by atoms with Gasteiger partial charge in [-0.1, -0.05) is 15.9 Å². The highest BCUT2D eigenvalue weighted by Gasteiger charge is 2.40. The molecular formula is C13H16BrN3. The summed E-state index contributed by atoms with van der Waals surface area (Å²) in [5, 5.41) is 12.8. The summed E-state index contributed by atoms with van der Waals surface area (Å²) < 4.78 is 1.05. The molecule has 2 rings (SSSR count). The van der Waals surface area contributed by atoms with Gasteiger partial charge in [0.05, 0.1) is 6.07 Å². The number of nitrogens with zero attached hydrogens (tertiary/aromatic N) is 2. The van der Waals surface area contributed by atoms with E-state index in [4.69, 9.17) is 0 Å². The van der Waals surface area contributed by atoms with Crippen LogP contribution >= 0.6 is 15.9 Å². The molecule has 1 aromatic rings. The van der Waals surface area contributed by atoms with Crippen molar-refractivity contribution in [2.45, 2.75) is 24.9 Å². The molecule has 4 heteroatoms. The second kappa shape index (κ2) is 4.67. The summed E-state index contributed by atoms with van der Waals surface area (Å²) in [6.45, 7) is 2.92. The average molecular weight is 294 g/mol. The van der Waals surface area contributed by atoms with Crippen LogP contribution in [-0.2, 0) is 0 Å². The Kier molecular flexibility index (Phi) is 3.41. The van der Waals surface area contributed by atoms with Gasteiger partial charge in [0.25, 0.3) is 0 Å². The fraction of sp³-hybridized carbons (Fsp3) is 0.462. The Labute approximate surface area is 111 Å². The van der Waals surface area contributed by atoms with Crippen molar-refractivity contribution >= 4 is 21.6 Å². The lowest BCUT2D eigenvalue weighted by atomic mass is 9.98. The predicted molar refractivity (Wildman–Crippen MR) is 72.8 cm³/mol. The van der Waals surface area contributed by atoms with Crippen molar-refractivity contribution < 1.29 is 0 Å². The van der Waals surface area contributed by atoms with E-state index in [2.05, 4.69) is 46.2 Å². The molecule has 1 aliphatic heterocycles. The Morgan fingerprint density at radius 3 is 2.59 bits per heavy atom. The normalized spacial score (nSPS) is 28.9. The van der Waals surface area contributed by atoms with E-state index in [-0.39, 0.29) is 0 Å². The maximum atomic E-state index is 9.42. The molecular weight excluding hydrogens is 278 g/mol. The molecule has 0 spiro atoms. The van der Waals surface area contributed by atoms with E-state index in [1.807, 2.05) is 24.3 Å². The highest BCUT2D eigenvalue weighted by atomic mass is 79.9. The minimum Gasteiger partial charge on any atom is -0.366 e. The van der Waals surface area contributed by atoms with Crippen molar-refractivity contribution in [2.75, 3.05) is 18.9 Å². The van der Waals surface area contributed by atoms with Gasteiger partial charge in [-0.15, -0.1) is 0 Å². The zero-order chi connectivity index (χ0) is 12.5. The molecule has 1 saturated heterocycles. The van der Waals surface area contributed by atoms with Crippen LogP contribution in [0.4, 0.5) is 5.69 Å². The van der Waals surface area contributed by atoms with E-state index in [1.54, 1.807) is 0 Å². The highest BCUT2D eigenvalue weighted by molar-refractivity contribution is 9.10. The molecule has 90 valence electrons. The fourth-order valence-corrected chi connectivity index (χ4v) is 2.58. The summed E-state index contributed by atoms with van der Waals surface area (Å²) in [4.78, 5) is 2.22. The number of rotatable bonds is 2. The number of anilines is 1. The van der Waals surface area contributed by atoms with Crippen molar-refractivity contribution in [2.24, 2.45) is 0 Å². The highest BCUT2D eigenvalue weighted by Crippen LogP contribution is 2.29. The van der Waals surface area contributed by atoms with Crippen molar-refractivity contribution in [1.29, 1.82) is 5.26 Å². The van der Waals surface area contributed by atoms with Crippen LogP contribution < -0.4 is 5.32 Å². The summed E-state index contributed by atoms with van der Waals surface area (Å²) in [5.74, 6) is 0. The van der Waals surface area contributed by atoms with Gasteiger partial charge in [0, 0.05) is 29.2 Å². The number of hydrogen-bond donors (Lipinski definition) is 1. The number of hydrogen-bond acceptors (Lipinski definition) is 3. The van der Waals surface area contributed by atoms with Crippen LogP contribution in [0.15, 0.2) is 28.7 Å². The molecule has 1 fully saturated rings. The largest absolute Gasteiger partial charge is 0.366 e. The first-order valence-corrected chi connectivity index (χ1v) is 6.49. The third-order valence-electron chi connectivity index (χ3n) is 3.36. The van der Waals surface area contributed by atoms with Gasteiger partial charge in [0.1, 0.15) is 5.54 Å². The Hall–Kier alpha value is -1.05. The third kappa shape index (κ3) is 2.62. The lowest BCUT2D eigenvalue weighted by Crippen LogP contribution is -2.39. The first-order valence-electron chi connectivity index (χ1n) is 5.70. The molecule has 1 heterocycles. The van der Waals surface area contributed by atoms with Gasteiger partial charge in [-0.25, -0.2) is 0 Å². The summed E-state index contributed by atoms with van der Waals surface area (Å²) in [7, 11) is 2.06. The number of benzene rings is 1. The number of likely N-dealkylation sites (tertiary alicyclic amines) is 1. The van der Waals surface area contributed by atoms with E-state index in [9.17, 15) is 5.26 Å². The van der Waals surface area contributed by atoms with Crippen molar-refractivity contribution in [3.05, 3.63) is 28.7 Å². The minimum atomic E-state index is -0.456. The summed E-state index contributed by atoms with van der Waals surface area (Å²) >= 11 is 3.41. The lowest BCUT2D eigenvalue weighted by molar-refractivity contribution is 0.327. The maximum absolute atomic E-state index is 9.42. The molecule has 0 saturated carbocycles. The quantitative estimate of drug-likeness (QED) is 0.911. The number of likely N-dealkylation sites (N-methyl/N-ethyl adjacent to an activating group) is 1. The Morgan fingerprint density at radius 1 is 1.47 bits per heavy atom. The maximum Gasteiger partial charge on any atom is 0.139 e. The molecule has 0 amide bonds.